The molecule has 1 aliphatic carbocycles. The summed E-state index contributed by atoms with van der Waals surface area (Å²) in [7, 11) is -4.07. The first kappa shape index (κ1) is 13.7. The van der Waals surface area contributed by atoms with Crippen molar-refractivity contribution >= 4 is 10.2 Å². The van der Waals surface area contributed by atoms with Gasteiger partial charge in [-0.25, -0.2) is 0 Å². The summed E-state index contributed by atoms with van der Waals surface area (Å²) in [5.41, 5.74) is 5.22. The predicted molar refractivity (Wildman–Crippen MR) is 51.8 cm³/mol. The highest BCUT2D eigenvalue weighted by atomic mass is 32.2. The van der Waals surface area contributed by atoms with Crippen molar-refractivity contribution in [3.05, 3.63) is 0 Å². The number of alkyl halides is 3. The van der Waals surface area contributed by atoms with E-state index in [-0.39, 0.29) is 19.1 Å². The van der Waals surface area contributed by atoms with Crippen molar-refractivity contribution in [2.75, 3.05) is 19.6 Å². The minimum absolute atomic E-state index is 0.0395. The second kappa shape index (κ2) is 4.86. The largest absolute Gasteiger partial charge is 0.402 e. The van der Waals surface area contributed by atoms with Crippen LogP contribution in [0.1, 0.15) is 12.8 Å². The van der Waals surface area contributed by atoms with E-state index in [0.717, 1.165) is 4.31 Å². The van der Waals surface area contributed by atoms with Gasteiger partial charge in [-0.3, -0.25) is 0 Å². The molecule has 0 spiro atoms. The lowest BCUT2D eigenvalue weighted by Crippen LogP contribution is -2.47. The smallest absolute Gasteiger partial charge is 0.329 e. The van der Waals surface area contributed by atoms with E-state index in [4.69, 9.17) is 5.73 Å². The van der Waals surface area contributed by atoms with Crippen LogP contribution in [0.2, 0.25) is 0 Å². The summed E-state index contributed by atoms with van der Waals surface area (Å²) in [5.74, 6) is 0. The van der Waals surface area contributed by atoms with Crippen molar-refractivity contribution in [2.24, 2.45) is 5.73 Å². The third kappa shape index (κ3) is 4.24. The van der Waals surface area contributed by atoms with E-state index in [2.05, 4.69) is 0 Å². The summed E-state index contributed by atoms with van der Waals surface area (Å²) in [5, 5.41) is 0. The van der Waals surface area contributed by atoms with Gasteiger partial charge in [0.25, 0.3) is 10.2 Å². The summed E-state index contributed by atoms with van der Waals surface area (Å²) in [6, 6.07) is -0.200. The van der Waals surface area contributed by atoms with Crippen LogP contribution in [-0.4, -0.2) is 44.6 Å². The Morgan fingerprint density at radius 3 is 2.31 bits per heavy atom. The van der Waals surface area contributed by atoms with Crippen molar-refractivity contribution in [3.63, 3.8) is 0 Å². The Kier molecular flexibility index (Phi) is 4.16. The van der Waals surface area contributed by atoms with Gasteiger partial charge in [-0.15, -0.1) is 0 Å². The minimum Gasteiger partial charge on any atom is -0.329 e. The van der Waals surface area contributed by atoms with E-state index in [1.54, 1.807) is 0 Å². The molecular weight excluding hydrogens is 247 g/mol. The molecule has 0 saturated heterocycles. The van der Waals surface area contributed by atoms with E-state index in [1.165, 1.54) is 4.72 Å². The van der Waals surface area contributed by atoms with Crippen LogP contribution in [0.25, 0.3) is 0 Å². The third-order valence-corrected chi connectivity index (χ3v) is 3.67. The van der Waals surface area contributed by atoms with Gasteiger partial charge in [0.15, 0.2) is 0 Å². The van der Waals surface area contributed by atoms with Gasteiger partial charge < -0.3 is 5.73 Å². The van der Waals surface area contributed by atoms with Gasteiger partial charge >= 0.3 is 6.18 Å². The maximum atomic E-state index is 11.9. The van der Waals surface area contributed by atoms with Crippen LogP contribution in [0.3, 0.4) is 0 Å². The summed E-state index contributed by atoms with van der Waals surface area (Å²) in [6.45, 7) is -1.43. The highest BCUT2D eigenvalue weighted by molar-refractivity contribution is 7.87. The Labute approximate surface area is 92.0 Å². The van der Waals surface area contributed by atoms with Gasteiger partial charge in [-0.05, 0) is 12.8 Å². The van der Waals surface area contributed by atoms with Crippen LogP contribution < -0.4 is 10.5 Å². The highest BCUT2D eigenvalue weighted by Crippen LogP contribution is 2.28. The number of nitrogens with two attached hydrogens (primary N) is 1. The summed E-state index contributed by atoms with van der Waals surface area (Å²) in [6.07, 6.45) is -3.20. The van der Waals surface area contributed by atoms with Gasteiger partial charge in [-0.2, -0.15) is 30.6 Å². The molecule has 0 aliphatic heterocycles. The van der Waals surface area contributed by atoms with Crippen LogP contribution in [0, 0.1) is 0 Å². The highest BCUT2D eigenvalue weighted by Gasteiger charge is 2.38. The molecule has 0 aromatic heterocycles. The second-order valence-corrected chi connectivity index (χ2v) is 5.28. The molecule has 1 saturated carbocycles. The molecule has 0 aromatic carbocycles. The van der Waals surface area contributed by atoms with Gasteiger partial charge in [0.1, 0.15) is 6.54 Å². The molecule has 0 bridgehead atoms. The molecule has 0 heterocycles. The standard InChI is InChI=1S/C7H14F3N3O2S/c8-7(9,10)5-12-16(14,15)13(4-3-11)6-1-2-6/h6,12H,1-5,11H2. The van der Waals surface area contributed by atoms with Crippen LogP contribution in [0.5, 0.6) is 0 Å². The van der Waals surface area contributed by atoms with E-state index in [9.17, 15) is 21.6 Å². The van der Waals surface area contributed by atoms with Gasteiger partial charge in [0, 0.05) is 19.1 Å². The molecule has 0 radical (unpaired) electrons. The summed E-state index contributed by atoms with van der Waals surface area (Å²) < 4.78 is 61.2. The number of hydrogen-bond acceptors (Lipinski definition) is 3. The molecule has 0 aromatic rings. The molecule has 0 atom stereocenters. The topological polar surface area (TPSA) is 75.4 Å². The van der Waals surface area contributed by atoms with E-state index in [0.29, 0.717) is 12.8 Å². The first-order valence-corrected chi connectivity index (χ1v) is 6.23. The molecule has 0 unspecified atom stereocenters. The molecule has 1 rings (SSSR count). The Morgan fingerprint density at radius 2 is 1.94 bits per heavy atom. The van der Waals surface area contributed by atoms with Gasteiger partial charge in [-0.1, -0.05) is 0 Å². The Morgan fingerprint density at radius 1 is 1.38 bits per heavy atom. The average Bonchev–Trinajstić information content (AvgIpc) is 2.93. The molecule has 16 heavy (non-hydrogen) atoms. The summed E-state index contributed by atoms with van der Waals surface area (Å²) >= 11 is 0. The quantitative estimate of drug-likeness (QED) is 0.695. The molecule has 1 aliphatic rings. The van der Waals surface area contributed by atoms with Crippen molar-refractivity contribution in [1.29, 1.82) is 0 Å². The molecule has 9 heteroatoms. The first-order chi connectivity index (χ1) is 7.26. The summed E-state index contributed by atoms with van der Waals surface area (Å²) in [4.78, 5) is 0. The van der Waals surface area contributed by atoms with Crippen molar-refractivity contribution in [2.45, 2.75) is 25.1 Å². The number of nitrogens with zero attached hydrogens (tertiary/aromatic N) is 1. The zero-order chi connectivity index (χ0) is 12.4. The SMILES string of the molecule is NCCN(C1CC1)S(=O)(=O)NCC(F)(F)F. The fourth-order valence-electron chi connectivity index (χ4n) is 1.24. The van der Waals surface area contributed by atoms with Crippen molar-refractivity contribution in [1.82, 2.24) is 9.03 Å². The predicted octanol–water partition coefficient (Wildman–Crippen LogP) is -0.194. The monoisotopic (exact) mass is 261 g/mol. The van der Waals surface area contributed by atoms with Crippen LogP contribution in [-0.2, 0) is 10.2 Å². The number of halogens is 3. The van der Waals surface area contributed by atoms with E-state index >= 15 is 0 Å². The molecule has 3 N–H and O–H groups in total. The molecule has 96 valence electrons. The lowest BCUT2D eigenvalue weighted by atomic mass is 10.6. The van der Waals surface area contributed by atoms with Gasteiger partial charge in [0.2, 0.25) is 0 Å². The maximum absolute atomic E-state index is 11.9. The lowest BCUT2D eigenvalue weighted by molar-refractivity contribution is -0.121. The molecule has 5 nitrogen and oxygen atoms in total. The number of hydrogen-bond donors (Lipinski definition) is 2. The average molecular weight is 261 g/mol. The Balaban J connectivity index is 2.59. The zero-order valence-corrected chi connectivity index (χ0v) is 9.31. The van der Waals surface area contributed by atoms with Gasteiger partial charge in [0.05, 0.1) is 0 Å². The van der Waals surface area contributed by atoms with E-state index < -0.39 is 22.9 Å². The molecule has 0 amide bonds. The molecular formula is C7H14F3N3O2S. The maximum Gasteiger partial charge on any atom is 0.402 e. The number of nitrogens with one attached hydrogen (secondary N) is 1. The molecule has 1 fully saturated rings. The fourth-order valence-corrected chi connectivity index (χ4v) is 2.71. The zero-order valence-electron chi connectivity index (χ0n) is 8.50. The van der Waals surface area contributed by atoms with Crippen molar-refractivity contribution < 1.29 is 21.6 Å². The second-order valence-electron chi connectivity index (χ2n) is 3.57. The van der Waals surface area contributed by atoms with E-state index in [1.807, 2.05) is 0 Å². The van der Waals surface area contributed by atoms with Crippen LogP contribution in [0.15, 0.2) is 0 Å². The minimum atomic E-state index is -4.55. The lowest BCUT2D eigenvalue weighted by Gasteiger charge is -2.21. The van der Waals surface area contributed by atoms with Crippen LogP contribution >= 0.6 is 0 Å². The normalized spacial score (nSPS) is 18.1. The van der Waals surface area contributed by atoms with Crippen LogP contribution in [0.4, 0.5) is 13.2 Å². The number of rotatable bonds is 6. The van der Waals surface area contributed by atoms with Crippen molar-refractivity contribution in [3.8, 4) is 0 Å². The Hall–Kier alpha value is -0.380. The first-order valence-electron chi connectivity index (χ1n) is 4.79. The third-order valence-electron chi connectivity index (χ3n) is 2.07. The fraction of sp³-hybridized carbons (Fsp3) is 1.00. The Bertz CT molecular complexity index is 326.